The maximum absolute atomic E-state index is 4.09. The van der Waals surface area contributed by atoms with Crippen LogP contribution in [0.2, 0.25) is 27.6 Å². The average molecular weight is 401 g/mol. The first kappa shape index (κ1) is 12.1. The van der Waals surface area contributed by atoms with E-state index in [0.29, 0.717) is 0 Å². The zero-order valence-electron chi connectivity index (χ0n) is 9.05. The van der Waals surface area contributed by atoms with Gasteiger partial charge >= 0.3 is 89.8 Å². The molecule has 0 amide bonds. The molecule has 0 aliphatic heterocycles. The fourth-order valence-electron chi connectivity index (χ4n) is 1.17. The summed E-state index contributed by atoms with van der Waals surface area (Å²) in [6.07, 6.45) is 3.65. The zero-order chi connectivity index (χ0) is 10.8. The minimum absolute atomic E-state index is 1.04. The van der Waals surface area contributed by atoms with E-state index in [2.05, 4.69) is 73.1 Å². The van der Waals surface area contributed by atoms with E-state index in [4.69, 9.17) is 0 Å². The first-order valence-electron chi connectivity index (χ1n) is 3.93. The average Bonchev–Trinajstić information content (AvgIpc) is 1.97. The number of rotatable bonds is 1. The van der Waals surface area contributed by atoms with Crippen molar-refractivity contribution in [3.05, 3.63) is 22.4 Å². The molecule has 3 heteroatoms. The van der Waals surface area contributed by atoms with E-state index in [1.165, 1.54) is 4.17 Å². The molecule has 13 heavy (non-hydrogen) atoms. The van der Waals surface area contributed by atoms with Crippen LogP contribution in [0.5, 0.6) is 0 Å². The molecule has 0 radical (unpaired) electrons. The molecule has 0 unspecified atom stereocenters. The molecule has 82 valence electrons. The van der Waals surface area contributed by atoms with Crippen molar-refractivity contribution in [3.63, 3.8) is 0 Å². The van der Waals surface area contributed by atoms with Crippen LogP contribution in [0.25, 0.3) is 0 Å². The Bertz CT molecular complexity index is 344. The van der Waals surface area contributed by atoms with Crippen LogP contribution in [-0.2, 0) is 6.15 Å². The Labute approximate surface area is 89.1 Å². The van der Waals surface area contributed by atoms with Gasteiger partial charge in [0.15, 0.2) is 0 Å². The van der Waals surface area contributed by atoms with Crippen molar-refractivity contribution < 1.29 is 6.15 Å². The number of hydrogen-bond acceptors (Lipinski definition) is 0. The number of hydrogen-bond donors (Lipinski definition) is 0. The van der Waals surface area contributed by atoms with Gasteiger partial charge in [0.2, 0.25) is 0 Å². The van der Waals surface area contributed by atoms with Gasteiger partial charge in [-0.15, -0.1) is 0 Å². The van der Waals surface area contributed by atoms with Crippen LogP contribution < -0.4 is 0 Å². The van der Waals surface area contributed by atoms with Crippen LogP contribution >= 0.6 is 27.2 Å². The molecule has 0 aromatic carbocycles. The molecular formula is C10H20Br2Ru. The fraction of sp³-hybridized carbons (Fsp3) is 0.600. The van der Waals surface area contributed by atoms with E-state index in [1.54, 1.807) is 0 Å². The molecule has 0 saturated carbocycles. The normalized spacial score (nSPS) is 29.6. The monoisotopic (exact) mass is 400 g/mol. The quantitative estimate of drug-likeness (QED) is 0.474. The van der Waals surface area contributed by atoms with Crippen LogP contribution in [0.1, 0.15) is 6.42 Å². The second kappa shape index (κ2) is 1.46. The Morgan fingerprint density at radius 2 is 1.54 bits per heavy atom. The molecule has 0 fully saturated rings. The summed E-state index contributed by atoms with van der Waals surface area (Å²) in [6, 6.07) is 0. The summed E-state index contributed by atoms with van der Waals surface area (Å²) in [5.41, 5.74) is 11.7. The van der Waals surface area contributed by atoms with Gasteiger partial charge in [-0.2, -0.15) is 0 Å². The van der Waals surface area contributed by atoms with Crippen LogP contribution in [0, 0.1) is 0 Å². The molecule has 1 aliphatic carbocycles. The van der Waals surface area contributed by atoms with E-state index >= 15 is 0 Å². The molecule has 1 rings (SSSR count). The van der Waals surface area contributed by atoms with Gasteiger partial charge in [-0.3, -0.25) is 0 Å². The van der Waals surface area contributed by atoms with Crippen molar-refractivity contribution in [2.75, 3.05) is 0 Å². The van der Waals surface area contributed by atoms with Crippen molar-refractivity contribution in [3.8, 4) is 0 Å². The fourth-order valence-corrected chi connectivity index (χ4v) is 7.71. The Balaban J connectivity index is 3.65. The Morgan fingerprint density at radius 1 is 1.08 bits per heavy atom. The first-order valence-corrected chi connectivity index (χ1v) is 21.4. The summed E-state index contributed by atoms with van der Waals surface area (Å²) in [6.45, 7) is 0. The summed E-state index contributed by atoms with van der Waals surface area (Å²) < 4.78 is 1.47. The third-order valence-corrected chi connectivity index (χ3v) is 13.4. The second-order valence-electron chi connectivity index (χ2n) is 7.17. The molecule has 0 N–H and O–H groups in total. The predicted octanol–water partition coefficient (Wildman–Crippen LogP) is 5.99. The van der Waals surface area contributed by atoms with Crippen LogP contribution in [0.15, 0.2) is 22.4 Å². The molecule has 0 nitrogen and oxygen atoms in total. The Morgan fingerprint density at radius 3 is 1.69 bits per heavy atom. The Kier molecular flexibility index (Phi) is 1.36. The van der Waals surface area contributed by atoms with E-state index in [9.17, 15) is 0 Å². The predicted molar refractivity (Wildman–Crippen MR) is 69.0 cm³/mol. The third-order valence-electron chi connectivity index (χ3n) is 2.02. The van der Waals surface area contributed by atoms with Crippen molar-refractivity contribution in [2.24, 2.45) is 0 Å². The molecule has 0 bridgehead atoms. The number of allylic oxidation sites excluding steroid dienone is 4. The molecule has 0 atom stereocenters. The van der Waals surface area contributed by atoms with Crippen molar-refractivity contribution in [1.29, 1.82) is 0 Å². The van der Waals surface area contributed by atoms with Crippen LogP contribution in [-0.4, -0.2) is 0 Å². The SMILES string of the molecule is [CH3][Ru]([CH3])([CH3])([CH3])([CH3])([Br])([Br])[C]1=CC=CC1. The van der Waals surface area contributed by atoms with Crippen LogP contribution in [0.3, 0.4) is 0 Å². The molecule has 1 aliphatic rings. The van der Waals surface area contributed by atoms with Crippen molar-refractivity contribution >= 4 is 27.2 Å². The molecular weight excluding hydrogens is 381 g/mol. The van der Waals surface area contributed by atoms with Gasteiger partial charge in [-0.1, -0.05) is 0 Å². The van der Waals surface area contributed by atoms with E-state index in [0.717, 1.165) is 6.42 Å². The molecule has 0 heterocycles. The topological polar surface area (TPSA) is 0 Å². The van der Waals surface area contributed by atoms with Gasteiger partial charge in [0.05, 0.1) is 0 Å². The summed E-state index contributed by atoms with van der Waals surface area (Å²) in [4.78, 5) is 0. The third kappa shape index (κ3) is 3.28. The van der Waals surface area contributed by atoms with E-state index in [1.807, 2.05) is 0 Å². The molecule has 0 spiro atoms. The first-order chi connectivity index (χ1) is 5.00. The van der Waals surface area contributed by atoms with Gasteiger partial charge < -0.3 is 0 Å². The van der Waals surface area contributed by atoms with Gasteiger partial charge in [0, 0.05) is 0 Å². The second-order valence-corrected chi connectivity index (χ2v) is 81.7. The minimum atomic E-state index is -3.98. The van der Waals surface area contributed by atoms with Crippen molar-refractivity contribution in [2.45, 2.75) is 34.0 Å². The van der Waals surface area contributed by atoms with Crippen LogP contribution in [0.4, 0.5) is 0 Å². The van der Waals surface area contributed by atoms with Gasteiger partial charge in [-0.25, -0.2) is 0 Å². The van der Waals surface area contributed by atoms with Crippen molar-refractivity contribution in [1.82, 2.24) is 0 Å². The number of halogens is 2. The summed E-state index contributed by atoms with van der Waals surface area (Å²) >= 11 is 8.18. The molecule has 0 saturated heterocycles. The van der Waals surface area contributed by atoms with E-state index < -0.39 is 6.15 Å². The molecule has 0 aromatic heterocycles. The summed E-state index contributed by atoms with van der Waals surface area (Å²) in [5.74, 6) is 0. The summed E-state index contributed by atoms with van der Waals surface area (Å²) in [5, 5.41) is 0. The molecule has 0 aromatic rings. The Hall–Kier alpha value is 1.06. The van der Waals surface area contributed by atoms with Gasteiger partial charge in [-0.05, 0) is 0 Å². The van der Waals surface area contributed by atoms with Gasteiger partial charge in [0.25, 0.3) is 0 Å². The zero-order valence-corrected chi connectivity index (χ0v) is 14.0. The standard InChI is InChI=1S/C5H5.5CH3.2BrH.Ru/c1-2-4-5-3-1;;;;;;;;/h1-3H,4H2;5*1H3;2*1H;/q;;;;;;;;+2/p-2. The van der Waals surface area contributed by atoms with E-state index in [-0.39, 0.29) is 0 Å². The maximum atomic E-state index is 4.09. The van der Waals surface area contributed by atoms with Gasteiger partial charge in [0.1, 0.15) is 0 Å². The summed E-state index contributed by atoms with van der Waals surface area (Å²) in [7, 11) is 0.